The summed E-state index contributed by atoms with van der Waals surface area (Å²) in [5.74, 6) is -0.0956. The van der Waals surface area contributed by atoms with Gasteiger partial charge < -0.3 is 10.6 Å². The Morgan fingerprint density at radius 2 is 2.12 bits per heavy atom. The third-order valence-corrected chi connectivity index (χ3v) is 3.67. The first-order valence-electron chi connectivity index (χ1n) is 5.60. The zero-order valence-electron chi connectivity index (χ0n) is 10.2. The molecule has 0 saturated carbocycles. The molecule has 1 heterocycles. The number of rotatable bonds is 4. The molecular weight excluding hydrogens is 264 g/mol. The average molecular weight is 285 g/mol. The Morgan fingerprint density at radius 3 is 2.59 bits per heavy atom. The molecule has 1 aliphatic rings. The molecule has 1 aliphatic heterocycles. The monoisotopic (exact) mass is 284 g/mol. The zero-order valence-corrected chi connectivity index (χ0v) is 11.9. The Hall–Kier alpha value is -0.330. The van der Waals surface area contributed by atoms with Crippen LogP contribution in [0.1, 0.15) is 26.2 Å². The lowest BCUT2D eigenvalue weighted by Crippen LogP contribution is -2.50. The van der Waals surface area contributed by atoms with Crippen molar-refractivity contribution in [3.8, 4) is 0 Å². The standard InChI is InChI=1S/C10H20N2O3S.ClH/c1-8(7-16(2,14)15)12-10(13)9-5-3-4-6-11-9;/h8-9,11H,3-7H2,1-2H3,(H,12,13);1H. The molecule has 0 aromatic rings. The van der Waals surface area contributed by atoms with Gasteiger partial charge in [-0.1, -0.05) is 6.42 Å². The number of hydrogen-bond donors (Lipinski definition) is 2. The van der Waals surface area contributed by atoms with Crippen LogP contribution in [0.25, 0.3) is 0 Å². The fourth-order valence-electron chi connectivity index (χ4n) is 1.91. The maximum absolute atomic E-state index is 11.7. The predicted molar refractivity (Wildman–Crippen MR) is 70.2 cm³/mol. The van der Waals surface area contributed by atoms with Crippen LogP contribution < -0.4 is 10.6 Å². The summed E-state index contributed by atoms with van der Waals surface area (Å²) in [4.78, 5) is 11.7. The molecule has 2 unspecified atom stereocenters. The first-order chi connectivity index (χ1) is 7.38. The second kappa shape index (κ2) is 7.18. The van der Waals surface area contributed by atoms with Gasteiger partial charge in [0.2, 0.25) is 5.91 Å². The third-order valence-electron chi connectivity index (χ3n) is 2.57. The molecular formula is C10H21ClN2O3S. The SMILES string of the molecule is CC(CS(C)(=O)=O)NC(=O)C1CCCCN1.Cl. The van der Waals surface area contributed by atoms with Gasteiger partial charge in [-0.2, -0.15) is 0 Å². The van der Waals surface area contributed by atoms with Gasteiger partial charge in [0, 0.05) is 12.3 Å². The van der Waals surface area contributed by atoms with Crippen LogP contribution in [-0.4, -0.2) is 45.0 Å². The summed E-state index contributed by atoms with van der Waals surface area (Å²) in [5, 5.41) is 5.85. The average Bonchev–Trinajstić information content (AvgIpc) is 2.16. The number of amides is 1. The highest BCUT2D eigenvalue weighted by Gasteiger charge is 2.22. The lowest BCUT2D eigenvalue weighted by atomic mass is 10.0. The summed E-state index contributed by atoms with van der Waals surface area (Å²) >= 11 is 0. The van der Waals surface area contributed by atoms with Crippen LogP contribution in [0, 0.1) is 0 Å². The van der Waals surface area contributed by atoms with Gasteiger partial charge in [0.15, 0.2) is 0 Å². The van der Waals surface area contributed by atoms with E-state index in [9.17, 15) is 13.2 Å². The summed E-state index contributed by atoms with van der Waals surface area (Å²) in [6.07, 6.45) is 4.15. The van der Waals surface area contributed by atoms with Crippen LogP contribution in [-0.2, 0) is 14.6 Å². The molecule has 1 rings (SSSR count). The van der Waals surface area contributed by atoms with Crippen molar-refractivity contribution < 1.29 is 13.2 Å². The minimum atomic E-state index is -3.03. The van der Waals surface area contributed by atoms with Crippen LogP contribution in [0.5, 0.6) is 0 Å². The lowest BCUT2D eigenvalue weighted by Gasteiger charge is -2.24. The normalized spacial score (nSPS) is 22.4. The van der Waals surface area contributed by atoms with Crippen molar-refractivity contribution >= 4 is 28.2 Å². The highest BCUT2D eigenvalue weighted by Crippen LogP contribution is 2.07. The van der Waals surface area contributed by atoms with Gasteiger partial charge in [-0.15, -0.1) is 12.4 Å². The van der Waals surface area contributed by atoms with Gasteiger partial charge in [0.25, 0.3) is 0 Å². The lowest BCUT2D eigenvalue weighted by molar-refractivity contribution is -0.124. The second-order valence-electron chi connectivity index (χ2n) is 4.50. The smallest absolute Gasteiger partial charge is 0.237 e. The highest BCUT2D eigenvalue weighted by molar-refractivity contribution is 7.90. The van der Waals surface area contributed by atoms with Crippen molar-refractivity contribution in [2.75, 3.05) is 18.6 Å². The summed E-state index contributed by atoms with van der Waals surface area (Å²) in [7, 11) is -3.03. The third kappa shape index (κ3) is 6.85. The summed E-state index contributed by atoms with van der Waals surface area (Å²) in [5.41, 5.74) is 0. The van der Waals surface area contributed by atoms with Crippen molar-refractivity contribution in [3.63, 3.8) is 0 Å². The second-order valence-corrected chi connectivity index (χ2v) is 6.69. The molecule has 0 radical (unpaired) electrons. The van der Waals surface area contributed by atoms with Gasteiger partial charge in [-0.3, -0.25) is 4.79 Å². The van der Waals surface area contributed by atoms with E-state index in [1.54, 1.807) is 6.92 Å². The summed E-state index contributed by atoms with van der Waals surface area (Å²) < 4.78 is 22.1. The number of hydrogen-bond acceptors (Lipinski definition) is 4. The molecule has 0 aromatic heterocycles. The fraction of sp³-hybridized carbons (Fsp3) is 0.900. The van der Waals surface area contributed by atoms with E-state index in [4.69, 9.17) is 0 Å². The predicted octanol–water partition coefficient (Wildman–Crippen LogP) is 0.0996. The highest BCUT2D eigenvalue weighted by atomic mass is 35.5. The van der Waals surface area contributed by atoms with Gasteiger partial charge in [-0.25, -0.2) is 8.42 Å². The van der Waals surface area contributed by atoms with Crippen molar-refractivity contribution in [2.24, 2.45) is 0 Å². The number of carbonyl (C=O) groups is 1. The fourth-order valence-corrected chi connectivity index (χ4v) is 2.91. The number of nitrogens with one attached hydrogen (secondary N) is 2. The largest absolute Gasteiger partial charge is 0.351 e. The Kier molecular flexibility index (Phi) is 7.04. The summed E-state index contributed by atoms with van der Waals surface area (Å²) in [6.45, 7) is 2.57. The quantitative estimate of drug-likeness (QED) is 0.768. The van der Waals surface area contributed by atoms with Gasteiger partial charge >= 0.3 is 0 Å². The van der Waals surface area contributed by atoms with E-state index in [-0.39, 0.29) is 36.2 Å². The Morgan fingerprint density at radius 1 is 1.47 bits per heavy atom. The molecule has 1 fully saturated rings. The molecule has 2 N–H and O–H groups in total. The molecule has 5 nitrogen and oxygen atoms in total. The number of sulfone groups is 1. The number of piperidine rings is 1. The maximum atomic E-state index is 11.7. The van der Waals surface area contributed by atoms with E-state index in [0.29, 0.717) is 0 Å². The Labute approximate surface area is 109 Å². The zero-order chi connectivity index (χ0) is 12.2. The minimum Gasteiger partial charge on any atom is -0.351 e. The first kappa shape index (κ1) is 16.7. The molecule has 7 heteroatoms. The van der Waals surface area contributed by atoms with E-state index in [1.165, 1.54) is 6.26 Å². The number of halogens is 1. The Balaban J connectivity index is 0.00000256. The van der Waals surface area contributed by atoms with E-state index >= 15 is 0 Å². The maximum Gasteiger partial charge on any atom is 0.237 e. The molecule has 0 aromatic carbocycles. The molecule has 1 saturated heterocycles. The molecule has 0 spiro atoms. The molecule has 1 amide bonds. The molecule has 2 atom stereocenters. The van der Waals surface area contributed by atoms with Gasteiger partial charge in [0.05, 0.1) is 11.8 Å². The van der Waals surface area contributed by atoms with Gasteiger partial charge in [0.1, 0.15) is 9.84 Å². The molecule has 102 valence electrons. The van der Waals surface area contributed by atoms with Crippen LogP contribution in [0.3, 0.4) is 0 Å². The van der Waals surface area contributed by atoms with Crippen LogP contribution in [0.4, 0.5) is 0 Å². The number of carbonyl (C=O) groups excluding carboxylic acids is 1. The van der Waals surface area contributed by atoms with E-state index in [0.717, 1.165) is 25.8 Å². The van der Waals surface area contributed by atoms with Crippen LogP contribution >= 0.6 is 12.4 Å². The molecule has 17 heavy (non-hydrogen) atoms. The van der Waals surface area contributed by atoms with Gasteiger partial charge in [-0.05, 0) is 26.3 Å². The van der Waals surface area contributed by atoms with E-state index < -0.39 is 9.84 Å². The van der Waals surface area contributed by atoms with Crippen LogP contribution in [0.15, 0.2) is 0 Å². The minimum absolute atomic E-state index is 0. The van der Waals surface area contributed by atoms with E-state index in [1.807, 2.05) is 0 Å². The van der Waals surface area contributed by atoms with Crippen molar-refractivity contribution in [1.82, 2.24) is 10.6 Å². The van der Waals surface area contributed by atoms with Crippen molar-refractivity contribution in [2.45, 2.75) is 38.3 Å². The van der Waals surface area contributed by atoms with E-state index in [2.05, 4.69) is 10.6 Å². The van der Waals surface area contributed by atoms with Crippen molar-refractivity contribution in [3.05, 3.63) is 0 Å². The molecule has 0 aliphatic carbocycles. The molecule has 0 bridgehead atoms. The van der Waals surface area contributed by atoms with Crippen LogP contribution in [0.2, 0.25) is 0 Å². The summed E-state index contributed by atoms with van der Waals surface area (Å²) in [6, 6.07) is -0.484. The first-order valence-corrected chi connectivity index (χ1v) is 7.66. The van der Waals surface area contributed by atoms with Crippen molar-refractivity contribution in [1.29, 1.82) is 0 Å². The Bertz CT molecular complexity index is 339. The topological polar surface area (TPSA) is 75.3 Å².